The standard InChI is InChI=1S/C19H16O4S/c1-2-13-5-7-16-14(11-19(21)23-17(16)10-13)12-22-18(20)8-6-15-4-3-9-24-15/h3-11H,2,12H2,1H3/b8-6+. The van der Waals surface area contributed by atoms with E-state index in [0.717, 1.165) is 22.2 Å². The van der Waals surface area contributed by atoms with Crippen molar-refractivity contribution in [1.82, 2.24) is 0 Å². The third-order valence-corrected chi connectivity index (χ3v) is 4.44. The Labute approximate surface area is 143 Å². The normalized spacial score (nSPS) is 11.2. The van der Waals surface area contributed by atoms with E-state index in [1.54, 1.807) is 6.08 Å². The van der Waals surface area contributed by atoms with Crippen LogP contribution >= 0.6 is 11.3 Å². The molecule has 5 heteroatoms. The van der Waals surface area contributed by atoms with Crippen LogP contribution in [0.2, 0.25) is 0 Å². The van der Waals surface area contributed by atoms with Crippen LogP contribution in [0.25, 0.3) is 17.0 Å². The first-order valence-corrected chi connectivity index (χ1v) is 8.47. The molecule has 0 fully saturated rings. The van der Waals surface area contributed by atoms with Gasteiger partial charge in [-0.05, 0) is 35.6 Å². The maximum atomic E-state index is 11.8. The summed E-state index contributed by atoms with van der Waals surface area (Å²) in [5.74, 6) is -0.449. The number of carbonyl (C=O) groups excluding carboxylic acids is 1. The van der Waals surface area contributed by atoms with Crippen molar-refractivity contribution in [1.29, 1.82) is 0 Å². The number of hydrogen-bond donors (Lipinski definition) is 0. The summed E-state index contributed by atoms with van der Waals surface area (Å²) in [6.45, 7) is 2.06. The highest BCUT2D eigenvalue weighted by Gasteiger charge is 2.08. The Balaban J connectivity index is 1.77. The zero-order chi connectivity index (χ0) is 16.9. The summed E-state index contributed by atoms with van der Waals surface area (Å²) in [7, 11) is 0. The fraction of sp³-hybridized carbons (Fsp3) is 0.158. The van der Waals surface area contributed by atoms with E-state index in [9.17, 15) is 9.59 Å². The molecule has 2 aromatic heterocycles. The predicted octanol–water partition coefficient (Wildman–Crippen LogP) is 4.17. The van der Waals surface area contributed by atoms with E-state index in [1.807, 2.05) is 42.6 Å². The Morgan fingerprint density at radius 1 is 1.29 bits per heavy atom. The predicted molar refractivity (Wildman–Crippen MR) is 95.0 cm³/mol. The largest absolute Gasteiger partial charge is 0.458 e. The van der Waals surface area contributed by atoms with Crippen molar-refractivity contribution in [3.05, 3.63) is 74.3 Å². The lowest BCUT2D eigenvalue weighted by Gasteiger charge is -2.07. The minimum Gasteiger partial charge on any atom is -0.458 e. The maximum Gasteiger partial charge on any atom is 0.336 e. The molecular weight excluding hydrogens is 324 g/mol. The van der Waals surface area contributed by atoms with Gasteiger partial charge in [-0.25, -0.2) is 9.59 Å². The number of thiophene rings is 1. The van der Waals surface area contributed by atoms with Gasteiger partial charge in [0, 0.05) is 28.0 Å². The summed E-state index contributed by atoms with van der Waals surface area (Å²) in [6.07, 6.45) is 3.94. The quantitative estimate of drug-likeness (QED) is 0.397. The molecule has 0 spiro atoms. The molecule has 3 rings (SSSR count). The first kappa shape index (κ1) is 16.2. The molecule has 0 amide bonds. The van der Waals surface area contributed by atoms with Gasteiger partial charge in [0.05, 0.1) is 0 Å². The molecule has 0 N–H and O–H groups in total. The minimum atomic E-state index is -0.449. The SMILES string of the molecule is CCc1ccc2c(COC(=O)/C=C/c3cccs3)cc(=O)oc2c1. The lowest BCUT2D eigenvalue weighted by Crippen LogP contribution is -2.05. The summed E-state index contributed by atoms with van der Waals surface area (Å²) < 4.78 is 10.5. The number of ether oxygens (including phenoxy) is 1. The minimum absolute atomic E-state index is 0.0290. The van der Waals surface area contributed by atoms with Crippen LogP contribution in [0, 0.1) is 0 Å². The van der Waals surface area contributed by atoms with Crippen molar-refractivity contribution in [3.63, 3.8) is 0 Å². The van der Waals surface area contributed by atoms with Crippen molar-refractivity contribution >= 4 is 34.4 Å². The zero-order valence-electron chi connectivity index (χ0n) is 13.2. The van der Waals surface area contributed by atoms with Gasteiger partial charge < -0.3 is 9.15 Å². The highest BCUT2D eigenvalue weighted by molar-refractivity contribution is 7.10. The molecule has 0 radical (unpaired) electrons. The van der Waals surface area contributed by atoms with E-state index in [1.165, 1.54) is 23.5 Å². The van der Waals surface area contributed by atoms with Gasteiger partial charge in [0.15, 0.2) is 0 Å². The molecule has 2 heterocycles. The van der Waals surface area contributed by atoms with Gasteiger partial charge in [-0.2, -0.15) is 0 Å². The smallest absolute Gasteiger partial charge is 0.336 e. The highest BCUT2D eigenvalue weighted by Crippen LogP contribution is 2.20. The number of rotatable bonds is 5. The molecule has 24 heavy (non-hydrogen) atoms. The van der Waals surface area contributed by atoms with Crippen molar-refractivity contribution in [3.8, 4) is 0 Å². The Bertz CT molecular complexity index is 936. The number of esters is 1. The lowest BCUT2D eigenvalue weighted by molar-refractivity contribution is -0.138. The first-order valence-electron chi connectivity index (χ1n) is 7.59. The van der Waals surface area contributed by atoms with Crippen LogP contribution in [0.4, 0.5) is 0 Å². The topological polar surface area (TPSA) is 56.5 Å². The molecule has 0 aliphatic carbocycles. The number of aryl methyl sites for hydroxylation is 1. The molecule has 3 aromatic rings. The van der Waals surface area contributed by atoms with Gasteiger partial charge >= 0.3 is 11.6 Å². The van der Waals surface area contributed by atoms with E-state index in [2.05, 4.69) is 0 Å². The van der Waals surface area contributed by atoms with E-state index >= 15 is 0 Å². The maximum absolute atomic E-state index is 11.8. The van der Waals surface area contributed by atoms with E-state index in [4.69, 9.17) is 9.15 Å². The second kappa shape index (κ2) is 7.27. The molecule has 0 saturated carbocycles. The van der Waals surface area contributed by atoms with Gasteiger partial charge in [-0.3, -0.25) is 0 Å². The van der Waals surface area contributed by atoms with Crippen molar-refractivity contribution in [2.45, 2.75) is 20.0 Å². The van der Waals surface area contributed by atoms with Crippen molar-refractivity contribution in [2.75, 3.05) is 0 Å². The van der Waals surface area contributed by atoms with E-state index < -0.39 is 11.6 Å². The van der Waals surface area contributed by atoms with Crippen LogP contribution in [0.15, 0.2) is 57.1 Å². The second-order valence-corrected chi connectivity index (χ2v) is 6.21. The summed E-state index contributed by atoms with van der Waals surface area (Å²) in [4.78, 5) is 24.5. The van der Waals surface area contributed by atoms with Crippen LogP contribution in [0.3, 0.4) is 0 Å². The van der Waals surface area contributed by atoms with Crippen molar-refractivity contribution in [2.24, 2.45) is 0 Å². The summed E-state index contributed by atoms with van der Waals surface area (Å²) >= 11 is 1.54. The third-order valence-electron chi connectivity index (χ3n) is 3.60. The number of carbonyl (C=O) groups is 1. The van der Waals surface area contributed by atoms with Crippen molar-refractivity contribution < 1.29 is 13.9 Å². The molecular formula is C19H16O4S. The average Bonchev–Trinajstić information content (AvgIpc) is 3.10. The molecule has 0 bridgehead atoms. The van der Waals surface area contributed by atoms with Gasteiger partial charge in [0.2, 0.25) is 0 Å². The molecule has 0 aliphatic heterocycles. The Morgan fingerprint density at radius 3 is 2.92 bits per heavy atom. The summed E-state index contributed by atoms with van der Waals surface area (Å²) in [5, 5.41) is 2.71. The Hall–Kier alpha value is -2.66. The fourth-order valence-corrected chi connectivity index (χ4v) is 2.96. The number of benzene rings is 1. The van der Waals surface area contributed by atoms with Gasteiger partial charge in [-0.15, -0.1) is 11.3 Å². The van der Waals surface area contributed by atoms with Gasteiger partial charge in [0.1, 0.15) is 12.2 Å². The Kier molecular flexibility index (Phi) is 4.91. The van der Waals surface area contributed by atoms with Crippen LogP contribution in [-0.2, 0) is 22.6 Å². The molecule has 0 unspecified atom stereocenters. The molecule has 0 atom stereocenters. The first-order chi connectivity index (χ1) is 11.7. The molecule has 0 aliphatic rings. The highest BCUT2D eigenvalue weighted by atomic mass is 32.1. The number of fused-ring (bicyclic) bond motifs is 1. The molecule has 0 saturated heterocycles. The molecule has 4 nitrogen and oxygen atoms in total. The third kappa shape index (κ3) is 3.81. The fourth-order valence-electron chi connectivity index (χ4n) is 2.35. The van der Waals surface area contributed by atoms with E-state index in [0.29, 0.717) is 11.1 Å². The summed E-state index contributed by atoms with van der Waals surface area (Å²) in [5.41, 5.74) is 1.79. The van der Waals surface area contributed by atoms with Gasteiger partial charge in [-0.1, -0.05) is 25.1 Å². The summed E-state index contributed by atoms with van der Waals surface area (Å²) in [6, 6.07) is 10.9. The average molecular weight is 340 g/mol. The zero-order valence-corrected chi connectivity index (χ0v) is 14.0. The van der Waals surface area contributed by atoms with Gasteiger partial charge in [0.25, 0.3) is 0 Å². The lowest BCUT2D eigenvalue weighted by atomic mass is 10.1. The van der Waals surface area contributed by atoms with Crippen LogP contribution in [0.5, 0.6) is 0 Å². The molecule has 1 aromatic carbocycles. The number of hydrogen-bond acceptors (Lipinski definition) is 5. The monoisotopic (exact) mass is 340 g/mol. The van der Waals surface area contributed by atoms with E-state index in [-0.39, 0.29) is 6.61 Å². The second-order valence-electron chi connectivity index (χ2n) is 5.23. The van der Waals surface area contributed by atoms with Crippen LogP contribution < -0.4 is 5.63 Å². The Morgan fingerprint density at radius 2 is 2.17 bits per heavy atom. The van der Waals surface area contributed by atoms with Crippen LogP contribution in [0.1, 0.15) is 22.9 Å². The van der Waals surface area contributed by atoms with Crippen LogP contribution in [-0.4, -0.2) is 5.97 Å². The molecule has 122 valence electrons.